The number of hydrogen-bond donors (Lipinski definition) is 3. The SMILES string of the molecule is O=C(NC1(CO)CC1)[C@@H]1CCCCN1. The van der Waals surface area contributed by atoms with E-state index in [1.807, 2.05) is 0 Å². The van der Waals surface area contributed by atoms with Gasteiger partial charge in [0.2, 0.25) is 5.91 Å². The normalized spacial score (nSPS) is 29.6. The molecule has 0 spiro atoms. The van der Waals surface area contributed by atoms with Gasteiger partial charge < -0.3 is 15.7 Å². The minimum atomic E-state index is -0.268. The van der Waals surface area contributed by atoms with Crippen molar-refractivity contribution in [2.24, 2.45) is 0 Å². The minimum absolute atomic E-state index is 0.0345. The van der Waals surface area contributed by atoms with Gasteiger partial charge in [-0.3, -0.25) is 4.79 Å². The van der Waals surface area contributed by atoms with Crippen LogP contribution in [-0.4, -0.2) is 35.7 Å². The Morgan fingerprint density at radius 3 is 2.79 bits per heavy atom. The number of hydrogen-bond acceptors (Lipinski definition) is 3. The Balaban J connectivity index is 1.82. The standard InChI is InChI=1S/C10H18N2O2/c13-7-10(4-5-10)12-9(14)8-3-1-2-6-11-8/h8,11,13H,1-7H2,(H,12,14)/t8-/m0/s1. The second kappa shape index (κ2) is 3.87. The number of piperidine rings is 1. The molecule has 1 saturated carbocycles. The summed E-state index contributed by atoms with van der Waals surface area (Å²) < 4.78 is 0. The Hall–Kier alpha value is -0.610. The molecule has 4 nitrogen and oxygen atoms in total. The molecule has 0 unspecified atom stereocenters. The van der Waals surface area contributed by atoms with Gasteiger partial charge in [0, 0.05) is 0 Å². The van der Waals surface area contributed by atoms with Gasteiger partial charge in [0.15, 0.2) is 0 Å². The van der Waals surface area contributed by atoms with Crippen LogP contribution in [-0.2, 0) is 4.79 Å². The molecule has 1 aliphatic carbocycles. The smallest absolute Gasteiger partial charge is 0.237 e. The Morgan fingerprint density at radius 2 is 2.29 bits per heavy atom. The highest BCUT2D eigenvalue weighted by Crippen LogP contribution is 2.34. The monoisotopic (exact) mass is 198 g/mol. The van der Waals surface area contributed by atoms with Crippen molar-refractivity contribution in [3.63, 3.8) is 0 Å². The minimum Gasteiger partial charge on any atom is -0.394 e. The highest BCUT2D eigenvalue weighted by atomic mass is 16.3. The van der Waals surface area contributed by atoms with Gasteiger partial charge in [0.1, 0.15) is 0 Å². The average molecular weight is 198 g/mol. The molecule has 2 rings (SSSR count). The van der Waals surface area contributed by atoms with Crippen molar-refractivity contribution in [3.05, 3.63) is 0 Å². The number of nitrogens with one attached hydrogen (secondary N) is 2. The van der Waals surface area contributed by atoms with Crippen LogP contribution in [0.5, 0.6) is 0 Å². The molecule has 3 N–H and O–H groups in total. The van der Waals surface area contributed by atoms with Crippen molar-refractivity contribution in [2.75, 3.05) is 13.2 Å². The van der Waals surface area contributed by atoms with E-state index in [1.54, 1.807) is 0 Å². The van der Waals surface area contributed by atoms with E-state index in [-0.39, 0.29) is 24.1 Å². The summed E-state index contributed by atoms with van der Waals surface area (Å²) in [7, 11) is 0. The molecule has 4 heteroatoms. The maximum atomic E-state index is 11.7. The largest absolute Gasteiger partial charge is 0.394 e. The van der Waals surface area contributed by atoms with Crippen LogP contribution < -0.4 is 10.6 Å². The van der Waals surface area contributed by atoms with Crippen LogP contribution in [0.25, 0.3) is 0 Å². The fourth-order valence-corrected chi connectivity index (χ4v) is 1.90. The van der Waals surface area contributed by atoms with Crippen LogP contribution >= 0.6 is 0 Å². The van der Waals surface area contributed by atoms with Crippen LogP contribution in [0.4, 0.5) is 0 Å². The van der Waals surface area contributed by atoms with Crippen molar-refractivity contribution in [1.29, 1.82) is 0 Å². The van der Waals surface area contributed by atoms with Gasteiger partial charge in [0.05, 0.1) is 18.2 Å². The summed E-state index contributed by atoms with van der Waals surface area (Å²) in [4.78, 5) is 11.7. The van der Waals surface area contributed by atoms with Gasteiger partial charge in [-0.2, -0.15) is 0 Å². The summed E-state index contributed by atoms with van der Waals surface area (Å²) in [5.74, 6) is 0.0660. The van der Waals surface area contributed by atoms with Crippen molar-refractivity contribution >= 4 is 5.91 Å². The second-order valence-electron chi connectivity index (χ2n) is 4.43. The first-order chi connectivity index (χ1) is 6.76. The molecule has 0 aromatic heterocycles. The van der Waals surface area contributed by atoms with E-state index in [0.29, 0.717) is 0 Å². The van der Waals surface area contributed by atoms with Crippen molar-refractivity contribution in [2.45, 2.75) is 43.7 Å². The van der Waals surface area contributed by atoms with Crippen LogP contribution in [0.2, 0.25) is 0 Å². The van der Waals surface area contributed by atoms with Gasteiger partial charge in [-0.1, -0.05) is 6.42 Å². The molecule has 1 aliphatic heterocycles. The van der Waals surface area contributed by atoms with Crippen LogP contribution in [0, 0.1) is 0 Å². The molecule has 1 heterocycles. The maximum Gasteiger partial charge on any atom is 0.237 e. The fourth-order valence-electron chi connectivity index (χ4n) is 1.90. The quantitative estimate of drug-likeness (QED) is 0.587. The average Bonchev–Trinajstić information content (AvgIpc) is 3.00. The number of carbonyl (C=O) groups is 1. The lowest BCUT2D eigenvalue weighted by molar-refractivity contribution is -0.125. The highest BCUT2D eigenvalue weighted by Gasteiger charge is 2.44. The highest BCUT2D eigenvalue weighted by molar-refractivity contribution is 5.83. The van der Waals surface area contributed by atoms with Gasteiger partial charge >= 0.3 is 0 Å². The van der Waals surface area contributed by atoms with Gasteiger partial charge in [-0.25, -0.2) is 0 Å². The molecule has 0 bridgehead atoms. The van der Waals surface area contributed by atoms with E-state index in [1.165, 1.54) is 0 Å². The Morgan fingerprint density at radius 1 is 1.50 bits per heavy atom. The first kappa shape index (κ1) is 9.93. The predicted octanol–water partition coefficient (Wildman–Crippen LogP) is -0.230. The zero-order valence-electron chi connectivity index (χ0n) is 8.38. The van der Waals surface area contributed by atoms with Crippen molar-refractivity contribution in [3.8, 4) is 0 Å². The lowest BCUT2D eigenvalue weighted by Crippen LogP contribution is -2.51. The fraction of sp³-hybridized carbons (Fsp3) is 0.900. The van der Waals surface area contributed by atoms with E-state index >= 15 is 0 Å². The lowest BCUT2D eigenvalue weighted by atomic mass is 10.0. The Bertz CT molecular complexity index is 220. The Kier molecular flexibility index (Phi) is 2.74. The van der Waals surface area contributed by atoms with Crippen LogP contribution in [0.1, 0.15) is 32.1 Å². The molecule has 2 aliphatic rings. The van der Waals surface area contributed by atoms with E-state index in [9.17, 15) is 4.79 Å². The number of aliphatic hydroxyl groups is 1. The molecular weight excluding hydrogens is 180 g/mol. The molecule has 80 valence electrons. The number of aliphatic hydroxyl groups excluding tert-OH is 1. The first-order valence-corrected chi connectivity index (χ1v) is 5.42. The molecule has 1 saturated heterocycles. The predicted molar refractivity (Wildman–Crippen MR) is 52.8 cm³/mol. The van der Waals surface area contributed by atoms with Crippen molar-refractivity contribution < 1.29 is 9.90 Å². The molecule has 14 heavy (non-hydrogen) atoms. The van der Waals surface area contributed by atoms with Crippen LogP contribution in [0.15, 0.2) is 0 Å². The number of carbonyl (C=O) groups excluding carboxylic acids is 1. The third-order valence-corrected chi connectivity index (χ3v) is 3.17. The molecular formula is C10H18N2O2. The van der Waals surface area contributed by atoms with E-state index < -0.39 is 0 Å². The van der Waals surface area contributed by atoms with E-state index in [4.69, 9.17) is 5.11 Å². The first-order valence-electron chi connectivity index (χ1n) is 5.42. The third-order valence-electron chi connectivity index (χ3n) is 3.17. The molecule has 1 amide bonds. The molecule has 1 atom stereocenters. The van der Waals surface area contributed by atoms with Crippen molar-refractivity contribution in [1.82, 2.24) is 10.6 Å². The topological polar surface area (TPSA) is 61.4 Å². The summed E-state index contributed by atoms with van der Waals surface area (Å²) in [6.45, 7) is 1.01. The molecule has 0 aromatic carbocycles. The summed E-state index contributed by atoms with van der Waals surface area (Å²) in [5, 5.41) is 15.2. The third kappa shape index (κ3) is 2.07. The number of amides is 1. The summed E-state index contributed by atoms with van der Waals surface area (Å²) in [6.07, 6.45) is 5.05. The zero-order chi connectivity index (χ0) is 10.0. The molecule has 0 radical (unpaired) electrons. The van der Waals surface area contributed by atoms with E-state index in [2.05, 4.69) is 10.6 Å². The Labute approximate surface area is 84.1 Å². The maximum absolute atomic E-state index is 11.7. The van der Waals surface area contributed by atoms with E-state index in [0.717, 1.165) is 38.6 Å². The molecule has 0 aromatic rings. The van der Waals surface area contributed by atoms with Gasteiger partial charge in [0.25, 0.3) is 0 Å². The summed E-state index contributed by atoms with van der Waals surface area (Å²) in [6, 6.07) is -0.0345. The van der Waals surface area contributed by atoms with Crippen LogP contribution in [0.3, 0.4) is 0 Å². The number of rotatable bonds is 3. The van der Waals surface area contributed by atoms with Gasteiger partial charge in [-0.05, 0) is 32.2 Å². The zero-order valence-corrected chi connectivity index (χ0v) is 8.38. The lowest BCUT2D eigenvalue weighted by Gasteiger charge is -2.25. The molecule has 2 fully saturated rings. The summed E-state index contributed by atoms with van der Waals surface area (Å²) >= 11 is 0. The van der Waals surface area contributed by atoms with Gasteiger partial charge in [-0.15, -0.1) is 0 Å². The second-order valence-corrected chi connectivity index (χ2v) is 4.43. The summed E-state index contributed by atoms with van der Waals surface area (Å²) in [5.41, 5.74) is -0.268.